The second kappa shape index (κ2) is 6.35. The highest BCUT2D eigenvalue weighted by Crippen LogP contribution is 2.21. The molecule has 20 heavy (non-hydrogen) atoms. The molecule has 1 aliphatic rings. The minimum atomic E-state index is -0.451. The monoisotopic (exact) mass is 274 g/mol. The summed E-state index contributed by atoms with van der Waals surface area (Å²) in [6, 6.07) is 5.14. The molecule has 1 fully saturated rings. The molecule has 6 heteroatoms. The summed E-state index contributed by atoms with van der Waals surface area (Å²) in [5, 5.41) is 12.0. The van der Waals surface area contributed by atoms with Crippen LogP contribution in [0.4, 0.5) is 5.82 Å². The molecule has 2 heterocycles. The zero-order valence-corrected chi connectivity index (χ0v) is 11.7. The zero-order chi connectivity index (χ0) is 14.5. The molecule has 0 spiro atoms. The Labute approximate surface area is 118 Å². The molecule has 1 aromatic heterocycles. The summed E-state index contributed by atoms with van der Waals surface area (Å²) in [5.74, 6) is 0.441. The molecule has 2 rings (SSSR count). The molecule has 106 valence electrons. The fourth-order valence-corrected chi connectivity index (χ4v) is 2.17. The van der Waals surface area contributed by atoms with E-state index in [2.05, 4.69) is 16.4 Å². The minimum absolute atomic E-state index is 0.0606. The Balaban J connectivity index is 2.27. The van der Waals surface area contributed by atoms with Crippen LogP contribution in [0.3, 0.4) is 0 Å². The Morgan fingerprint density at radius 2 is 2.45 bits per heavy atom. The third kappa shape index (κ3) is 3.06. The molecule has 1 N–H and O–H groups in total. The zero-order valence-electron chi connectivity index (χ0n) is 11.7. The smallest absolute Gasteiger partial charge is 0.245 e. The molecule has 1 amide bonds. The number of nitriles is 1. The topological polar surface area (TPSA) is 78.2 Å². The van der Waals surface area contributed by atoms with Crippen LogP contribution < -0.4 is 10.2 Å². The third-order valence-corrected chi connectivity index (χ3v) is 3.04. The summed E-state index contributed by atoms with van der Waals surface area (Å²) in [6.45, 7) is 5.19. The van der Waals surface area contributed by atoms with Gasteiger partial charge in [0.05, 0.1) is 18.8 Å². The summed E-state index contributed by atoms with van der Waals surface area (Å²) >= 11 is 0. The van der Waals surface area contributed by atoms with E-state index in [4.69, 9.17) is 4.74 Å². The van der Waals surface area contributed by atoms with Crippen LogP contribution in [-0.2, 0) is 9.53 Å². The fourth-order valence-electron chi connectivity index (χ4n) is 2.17. The quantitative estimate of drug-likeness (QED) is 0.877. The van der Waals surface area contributed by atoms with Crippen LogP contribution in [0.25, 0.3) is 0 Å². The van der Waals surface area contributed by atoms with E-state index in [1.54, 1.807) is 18.3 Å². The van der Waals surface area contributed by atoms with Crippen molar-refractivity contribution in [3.8, 4) is 6.07 Å². The normalized spacial score (nSPS) is 18.7. The van der Waals surface area contributed by atoms with E-state index >= 15 is 0 Å². The molecule has 1 aliphatic heterocycles. The van der Waals surface area contributed by atoms with Crippen LogP contribution in [0.2, 0.25) is 0 Å². The number of ether oxygens (including phenoxy) is 1. The number of pyridine rings is 1. The lowest BCUT2D eigenvalue weighted by atomic mass is 10.1. The average molecular weight is 274 g/mol. The van der Waals surface area contributed by atoms with Crippen LogP contribution in [0.1, 0.15) is 19.4 Å². The second-order valence-electron chi connectivity index (χ2n) is 4.93. The molecule has 0 radical (unpaired) electrons. The number of rotatable bonds is 3. The van der Waals surface area contributed by atoms with Gasteiger partial charge in [-0.2, -0.15) is 5.26 Å². The molecule has 1 aromatic rings. The van der Waals surface area contributed by atoms with E-state index in [0.29, 0.717) is 31.1 Å². The first-order valence-electron chi connectivity index (χ1n) is 6.63. The number of amides is 1. The summed E-state index contributed by atoms with van der Waals surface area (Å²) in [4.78, 5) is 18.3. The molecule has 0 aliphatic carbocycles. The van der Waals surface area contributed by atoms with Gasteiger partial charge in [-0.25, -0.2) is 4.98 Å². The lowest BCUT2D eigenvalue weighted by Gasteiger charge is -2.36. The van der Waals surface area contributed by atoms with Crippen molar-refractivity contribution < 1.29 is 9.53 Å². The number of carbonyl (C=O) groups excluding carboxylic acids is 1. The van der Waals surface area contributed by atoms with Crippen molar-refractivity contribution in [2.75, 3.05) is 24.7 Å². The Bertz CT molecular complexity index is 524. The standard InChI is InChI=1S/C14H18N4O2/c1-10(2)17-14(19)12-9-20-7-6-18(12)13-11(8-15)4-3-5-16-13/h3-5,10,12H,6-7,9H2,1-2H3,(H,17,19). The van der Waals surface area contributed by atoms with E-state index in [0.717, 1.165) is 0 Å². The van der Waals surface area contributed by atoms with Gasteiger partial charge in [-0.3, -0.25) is 4.79 Å². The first-order valence-corrected chi connectivity index (χ1v) is 6.63. The van der Waals surface area contributed by atoms with Gasteiger partial charge in [-0.15, -0.1) is 0 Å². The predicted molar refractivity (Wildman–Crippen MR) is 74.2 cm³/mol. The van der Waals surface area contributed by atoms with Crippen LogP contribution in [0.15, 0.2) is 18.3 Å². The molecule has 1 atom stereocenters. The van der Waals surface area contributed by atoms with Crippen molar-refractivity contribution in [2.24, 2.45) is 0 Å². The number of carbonyl (C=O) groups is 1. The number of hydrogen-bond donors (Lipinski definition) is 1. The maximum Gasteiger partial charge on any atom is 0.245 e. The van der Waals surface area contributed by atoms with Crippen molar-refractivity contribution >= 4 is 11.7 Å². The summed E-state index contributed by atoms with van der Waals surface area (Å²) < 4.78 is 5.40. The van der Waals surface area contributed by atoms with E-state index < -0.39 is 6.04 Å². The summed E-state index contributed by atoms with van der Waals surface area (Å²) in [6.07, 6.45) is 1.63. The SMILES string of the molecule is CC(C)NC(=O)C1COCCN1c1ncccc1C#N. The van der Waals surface area contributed by atoms with Crippen LogP contribution in [-0.4, -0.2) is 42.7 Å². The van der Waals surface area contributed by atoms with Gasteiger partial charge in [0.1, 0.15) is 17.9 Å². The molecule has 1 saturated heterocycles. The minimum Gasteiger partial charge on any atom is -0.377 e. The lowest BCUT2D eigenvalue weighted by Crippen LogP contribution is -2.55. The highest BCUT2D eigenvalue weighted by Gasteiger charge is 2.31. The first kappa shape index (κ1) is 14.3. The van der Waals surface area contributed by atoms with Crippen molar-refractivity contribution in [2.45, 2.75) is 25.9 Å². The number of anilines is 1. The van der Waals surface area contributed by atoms with Gasteiger partial charge in [-0.1, -0.05) is 0 Å². The van der Waals surface area contributed by atoms with E-state index in [9.17, 15) is 10.1 Å². The Hall–Kier alpha value is -2.13. The molecule has 0 saturated carbocycles. The van der Waals surface area contributed by atoms with Gasteiger partial charge in [-0.05, 0) is 26.0 Å². The third-order valence-electron chi connectivity index (χ3n) is 3.04. The van der Waals surface area contributed by atoms with Crippen LogP contribution in [0, 0.1) is 11.3 Å². The van der Waals surface area contributed by atoms with Gasteiger partial charge >= 0.3 is 0 Å². The van der Waals surface area contributed by atoms with Crippen LogP contribution >= 0.6 is 0 Å². The van der Waals surface area contributed by atoms with Crippen molar-refractivity contribution in [3.05, 3.63) is 23.9 Å². The first-order chi connectivity index (χ1) is 9.63. The van der Waals surface area contributed by atoms with Crippen molar-refractivity contribution in [1.29, 1.82) is 5.26 Å². The Morgan fingerprint density at radius 1 is 1.65 bits per heavy atom. The number of hydrogen-bond acceptors (Lipinski definition) is 5. The number of nitrogens with zero attached hydrogens (tertiary/aromatic N) is 3. The largest absolute Gasteiger partial charge is 0.377 e. The van der Waals surface area contributed by atoms with Crippen molar-refractivity contribution in [3.63, 3.8) is 0 Å². The molecular weight excluding hydrogens is 256 g/mol. The maximum absolute atomic E-state index is 12.2. The van der Waals surface area contributed by atoms with Gasteiger partial charge < -0.3 is 15.0 Å². The highest BCUT2D eigenvalue weighted by molar-refractivity contribution is 5.86. The summed E-state index contributed by atoms with van der Waals surface area (Å²) in [5.41, 5.74) is 0.469. The van der Waals surface area contributed by atoms with Gasteiger partial charge in [0.25, 0.3) is 0 Å². The number of aromatic nitrogens is 1. The Morgan fingerprint density at radius 3 is 3.15 bits per heavy atom. The fraction of sp³-hybridized carbons (Fsp3) is 0.500. The Kier molecular flexibility index (Phi) is 4.53. The van der Waals surface area contributed by atoms with E-state index in [1.165, 1.54) is 0 Å². The van der Waals surface area contributed by atoms with Crippen molar-refractivity contribution in [1.82, 2.24) is 10.3 Å². The highest BCUT2D eigenvalue weighted by atomic mass is 16.5. The van der Waals surface area contributed by atoms with Crippen LogP contribution in [0.5, 0.6) is 0 Å². The van der Waals surface area contributed by atoms with Gasteiger partial charge in [0.2, 0.25) is 5.91 Å². The molecular formula is C14H18N4O2. The van der Waals surface area contributed by atoms with E-state index in [1.807, 2.05) is 18.7 Å². The summed E-state index contributed by atoms with van der Waals surface area (Å²) in [7, 11) is 0. The maximum atomic E-state index is 12.2. The molecule has 0 bridgehead atoms. The number of morpholine rings is 1. The number of nitrogens with one attached hydrogen (secondary N) is 1. The van der Waals surface area contributed by atoms with Gasteiger partial charge in [0, 0.05) is 18.8 Å². The van der Waals surface area contributed by atoms with Gasteiger partial charge in [0.15, 0.2) is 0 Å². The molecule has 1 unspecified atom stereocenters. The predicted octanol–water partition coefficient (Wildman–Crippen LogP) is 0.683. The van der Waals surface area contributed by atoms with E-state index in [-0.39, 0.29) is 11.9 Å². The second-order valence-corrected chi connectivity index (χ2v) is 4.93. The average Bonchev–Trinajstić information content (AvgIpc) is 2.46. The lowest BCUT2D eigenvalue weighted by molar-refractivity contribution is -0.125. The molecule has 6 nitrogen and oxygen atoms in total. The molecule has 0 aromatic carbocycles.